The topological polar surface area (TPSA) is 12.0 Å². The summed E-state index contributed by atoms with van der Waals surface area (Å²) in [6.45, 7) is 5.80. The van der Waals surface area contributed by atoms with Crippen LogP contribution in [0.3, 0.4) is 0 Å². The molecule has 0 fully saturated rings. The smallest absolute Gasteiger partial charge is 0.00465 e. The van der Waals surface area contributed by atoms with E-state index in [-0.39, 0.29) is 0 Å². The number of nitrogens with one attached hydrogen (secondary N) is 1. The highest BCUT2D eigenvalue weighted by molar-refractivity contribution is 7.98. The Kier molecular flexibility index (Phi) is 14.6. The zero-order chi connectivity index (χ0) is 12.8. The molecule has 0 aromatic heterocycles. The molecule has 17 heavy (non-hydrogen) atoms. The zero-order valence-electron chi connectivity index (χ0n) is 12.3. The van der Waals surface area contributed by atoms with Crippen LogP contribution in [0.2, 0.25) is 0 Å². The van der Waals surface area contributed by atoms with Gasteiger partial charge in [0.1, 0.15) is 0 Å². The normalized spacial score (nSPS) is 12.9. The monoisotopic (exact) mass is 259 g/mol. The molecule has 0 heterocycles. The Morgan fingerprint density at radius 1 is 0.941 bits per heavy atom. The van der Waals surface area contributed by atoms with Gasteiger partial charge in [-0.25, -0.2) is 0 Å². The Hall–Kier alpha value is 0.310. The van der Waals surface area contributed by atoms with Gasteiger partial charge in [0, 0.05) is 6.04 Å². The molecule has 0 saturated carbocycles. The Bertz CT molecular complexity index is 139. The van der Waals surface area contributed by atoms with Gasteiger partial charge >= 0.3 is 0 Å². The summed E-state index contributed by atoms with van der Waals surface area (Å²) in [6, 6.07) is 0.701. The van der Waals surface area contributed by atoms with Crippen molar-refractivity contribution in [3.63, 3.8) is 0 Å². The fourth-order valence-corrected chi connectivity index (χ4v) is 2.59. The Labute approximate surface area is 114 Å². The van der Waals surface area contributed by atoms with Crippen molar-refractivity contribution in [2.45, 2.75) is 77.7 Å². The van der Waals surface area contributed by atoms with Gasteiger partial charge < -0.3 is 5.32 Å². The summed E-state index contributed by atoms with van der Waals surface area (Å²) in [5.74, 6) is 1.28. The number of thioether (sulfide) groups is 1. The van der Waals surface area contributed by atoms with Crippen LogP contribution in [0.15, 0.2) is 0 Å². The summed E-state index contributed by atoms with van der Waals surface area (Å²) in [7, 11) is 0. The number of hydrogen-bond donors (Lipinski definition) is 1. The molecule has 0 aliphatic carbocycles. The van der Waals surface area contributed by atoms with E-state index in [1.165, 1.54) is 70.1 Å². The Balaban J connectivity index is 3.02. The van der Waals surface area contributed by atoms with Crippen LogP contribution in [0.25, 0.3) is 0 Å². The van der Waals surface area contributed by atoms with Gasteiger partial charge in [-0.05, 0) is 38.3 Å². The van der Waals surface area contributed by atoms with E-state index in [1.54, 1.807) is 0 Å². The summed E-state index contributed by atoms with van der Waals surface area (Å²) >= 11 is 1.95. The van der Waals surface area contributed by atoms with Crippen molar-refractivity contribution >= 4 is 11.8 Å². The van der Waals surface area contributed by atoms with Crippen molar-refractivity contribution in [3.05, 3.63) is 0 Å². The van der Waals surface area contributed by atoms with Gasteiger partial charge in [0.15, 0.2) is 0 Å². The molecule has 0 aliphatic heterocycles. The van der Waals surface area contributed by atoms with Gasteiger partial charge in [-0.3, -0.25) is 0 Å². The minimum absolute atomic E-state index is 0.701. The van der Waals surface area contributed by atoms with Gasteiger partial charge in [0.25, 0.3) is 0 Å². The van der Waals surface area contributed by atoms with Crippen molar-refractivity contribution in [2.24, 2.45) is 0 Å². The highest BCUT2D eigenvalue weighted by Gasteiger charge is 1.99. The second-order valence-corrected chi connectivity index (χ2v) is 6.10. The zero-order valence-corrected chi connectivity index (χ0v) is 13.1. The minimum Gasteiger partial charge on any atom is -0.314 e. The predicted octanol–water partition coefficient (Wildman–Crippen LogP) is 4.86. The van der Waals surface area contributed by atoms with Crippen LogP contribution in [0, 0.1) is 0 Å². The van der Waals surface area contributed by atoms with Crippen LogP contribution in [0.5, 0.6) is 0 Å². The van der Waals surface area contributed by atoms with Crippen LogP contribution < -0.4 is 5.32 Å². The molecule has 1 unspecified atom stereocenters. The summed E-state index contributed by atoms with van der Waals surface area (Å²) in [5, 5.41) is 3.62. The third-order valence-electron chi connectivity index (χ3n) is 3.28. The molecule has 0 aliphatic rings. The van der Waals surface area contributed by atoms with Crippen LogP contribution in [-0.2, 0) is 0 Å². The molecular formula is C15H33NS. The molecule has 0 radical (unpaired) electrons. The lowest BCUT2D eigenvalue weighted by Gasteiger charge is -2.12. The first-order valence-electron chi connectivity index (χ1n) is 7.53. The lowest BCUT2D eigenvalue weighted by Crippen LogP contribution is -2.27. The summed E-state index contributed by atoms with van der Waals surface area (Å²) in [5.41, 5.74) is 0. The molecule has 0 aromatic rings. The average molecular weight is 260 g/mol. The van der Waals surface area contributed by atoms with Gasteiger partial charge in [-0.1, -0.05) is 51.9 Å². The Morgan fingerprint density at radius 2 is 1.53 bits per heavy atom. The van der Waals surface area contributed by atoms with Crippen LogP contribution >= 0.6 is 11.8 Å². The standard InChI is InChI=1S/C15H33NS/c1-4-5-6-7-8-9-10-11-13-16-15(2)12-14-17-3/h15-16H,4-14H2,1-3H3. The van der Waals surface area contributed by atoms with Gasteiger partial charge in [0.05, 0.1) is 0 Å². The number of rotatable bonds is 13. The van der Waals surface area contributed by atoms with Gasteiger partial charge in [0.2, 0.25) is 0 Å². The lowest BCUT2D eigenvalue weighted by molar-refractivity contribution is 0.503. The van der Waals surface area contributed by atoms with Crippen molar-refractivity contribution in [2.75, 3.05) is 18.6 Å². The highest BCUT2D eigenvalue weighted by Crippen LogP contribution is 2.08. The number of hydrogen-bond acceptors (Lipinski definition) is 2. The SMILES string of the molecule is CCCCCCCCCCNC(C)CCSC. The summed E-state index contributed by atoms with van der Waals surface area (Å²) < 4.78 is 0. The molecule has 0 saturated heterocycles. The molecule has 2 heteroatoms. The largest absolute Gasteiger partial charge is 0.314 e. The Morgan fingerprint density at radius 3 is 2.12 bits per heavy atom. The summed E-state index contributed by atoms with van der Waals surface area (Å²) in [6.07, 6.45) is 14.8. The molecule has 1 N–H and O–H groups in total. The van der Waals surface area contributed by atoms with E-state index in [0.29, 0.717) is 6.04 Å². The summed E-state index contributed by atoms with van der Waals surface area (Å²) in [4.78, 5) is 0. The molecule has 0 amide bonds. The average Bonchev–Trinajstić information content (AvgIpc) is 2.34. The maximum absolute atomic E-state index is 3.62. The number of unbranched alkanes of at least 4 members (excludes halogenated alkanes) is 7. The van der Waals surface area contributed by atoms with Gasteiger partial charge in [-0.15, -0.1) is 0 Å². The van der Waals surface area contributed by atoms with Gasteiger partial charge in [-0.2, -0.15) is 11.8 Å². The predicted molar refractivity (Wildman–Crippen MR) is 83.1 cm³/mol. The lowest BCUT2D eigenvalue weighted by atomic mass is 10.1. The molecule has 0 aromatic carbocycles. The van der Waals surface area contributed by atoms with Crippen LogP contribution in [-0.4, -0.2) is 24.6 Å². The quantitative estimate of drug-likeness (QED) is 0.474. The van der Waals surface area contributed by atoms with Crippen molar-refractivity contribution in [1.29, 1.82) is 0 Å². The minimum atomic E-state index is 0.701. The second kappa shape index (κ2) is 14.4. The van der Waals surface area contributed by atoms with E-state index in [9.17, 15) is 0 Å². The third kappa shape index (κ3) is 14.2. The van der Waals surface area contributed by atoms with Crippen molar-refractivity contribution in [1.82, 2.24) is 5.32 Å². The van der Waals surface area contributed by atoms with E-state index < -0.39 is 0 Å². The van der Waals surface area contributed by atoms with E-state index in [0.717, 1.165) is 0 Å². The molecule has 0 bridgehead atoms. The maximum atomic E-state index is 3.62. The molecule has 1 atom stereocenters. The van der Waals surface area contributed by atoms with Crippen LogP contribution in [0.4, 0.5) is 0 Å². The maximum Gasteiger partial charge on any atom is 0.00465 e. The van der Waals surface area contributed by atoms with E-state index in [4.69, 9.17) is 0 Å². The molecular weight excluding hydrogens is 226 g/mol. The first kappa shape index (κ1) is 17.3. The molecule has 0 rings (SSSR count). The highest BCUT2D eigenvalue weighted by atomic mass is 32.2. The first-order chi connectivity index (χ1) is 8.31. The first-order valence-corrected chi connectivity index (χ1v) is 8.93. The van der Waals surface area contributed by atoms with E-state index in [1.807, 2.05) is 11.8 Å². The van der Waals surface area contributed by atoms with Crippen molar-refractivity contribution < 1.29 is 0 Å². The third-order valence-corrected chi connectivity index (χ3v) is 3.92. The van der Waals surface area contributed by atoms with Crippen molar-refractivity contribution in [3.8, 4) is 0 Å². The fourth-order valence-electron chi connectivity index (χ4n) is 2.00. The molecule has 104 valence electrons. The second-order valence-electron chi connectivity index (χ2n) is 5.11. The molecule has 0 spiro atoms. The van der Waals surface area contributed by atoms with E-state index in [2.05, 4.69) is 25.4 Å². The van der Waals surface area contributed by atoms with E-state index >= 15 is 0 Å². The molecule has 1 nitrogen and oxygen atoms in total. The fraction of sp³-hybridized carbons (Fsp3) is 1.00. The van der Waals surface area contributed by atoms with Crippen LogP contribution in [0.1, 0.15) is 71.6 Å².